The second-order valence-electron chi connectivity index (χ2n) is 8.80. The molecule has 1 aliphatic heterocycles. The molecule has 0 saturated carbocycles. The van der Waals surface area contributed by atoms with Crippen molar-refractivity contribution in [2.24, 2.45) is 0 Å². The van der Waals surface area contributed by atoms with Crippen LogP contribution in [0.5, 0.6) is 5.75 Å². The number of aromatic nitrogens is 1. The molecule has 0 saturated heterocycles. The molecule has 3 N–H and O–H groups in total. The fraction of sp³-hybridized carbons (Fsp3) is 0.138. The molecule has 7 nitrogen and oxygen atoms in total. The Morgan fingerprint density at radius 1 is 0.889 bits per heavy atom. The van der Waals surface area contributed by atoms with Gasteiger partial charge in [0.05, 0.1) is 23.8 Å². The van der Waals surface area contributed by atoms with Crippen LogP contribution >= 0.6 is 0 Å². The lowest BCUT2D eigenvalue weighted by Gasteiger charge is -2.19. The predicted molar refractivity (Wildman–Crippen MR) is 141 cm³/mol. The van der Waals surface area contributed by atoms with E-state index in [4.69, 9.17) is 4.74 Å². The van der Waals surface area contributed by atoms with Gasteiger partial charge in [0.1, 0.15) is 5.75 Å². The van der Waals surface area contributed by atoms with Crippen molar-refractivity contribution in [1.29, 1.82) is 0 Å². The van der Waals surface area contributed by atoms with Crippen LogP contribution in [0, 0.1) is 13.8 Å². The molecular weight excluding hydrogens is 452 g/mol. The molecule has 7 heteroatoms. The summed E-state index contributed by atoms with van der Waals surface area (Å²) in [6, 6.07) is 26.3. The third-order valence-electron chi connectivity index (χ3n) is 5.92. The number of nitrogens with zero attached hydrogens (tertiary/aromatic N) is 1. The number of nitrogens with one attached hydrogen (secondary N) is 3. The number of fused-ring (bicyclic) bond motifs is 1. The number of anilines is 3. The number of benzene rings is 3. The zero-order valence-electron chi connectivity index (χ0n) is 20.0. The minimum atomic E-state index is -0.606. The molecule has 36 heavy (non-hydrogen) atoms. The van der Waals surface area contributed by atoms with Gasteiger partial charge in [0.15, 0.2) is 0 Å². The molecule has 1 atom stereocenters. The Balaban J connectivity index is 1.35. The van der Waals surface area contributed by atoms with Gasteiger partial charge in [-0.3, -0.25) is 15.1 Å². The molecule has 180 valence electrons. The topological polar surface area (TPSA) is 92.4 Å². The van der Waals surface area contributed by atoms with Gasteiger partial charge >= 0.3 is 6.09 Å². The molecule has 0 bridgehead atoms. The van der Waals surface area contributed by atoms with Crippen molar-refractivity contribution in [3.63, 3.8) is 0 Å². The van der Waals surface area contributed by atoms with E-state index in [-0.39, 0.29) is 18.4 Å². The highest BCUT2D eigenvalue weighted by molar-refractivity contribution is 5.98. The van der Waals surface area contributed by atoms with Crippen molar-refractivity contribution in [2.45, 2.75) is 26.3 Å². The van der Waals surface area contributed by atoms with Crippen molar-refractivity contribution < 1.29 is 14.3 Å². The highest BCUT2D eigenvalue weighted by Crippen LogP contribution is 2.35. The number of carbonyl (C=O) groups excluding carboxylic acids is 2. The number of pyridine rings is 1. The second kappa shape index (κ2) is 9.92. The highest BCUT2D eigenvalue weighted by Gasteiger charge is 2.23. The number of hydrogen-bond donors (Lipinski definition) is 3. The van der Waals surface area contributed by atoms with Crippen molar-refractivity contribution >= 4 is 29.1 Å². The number of carbonyl (C=O) groups is 2. The average molecular weight is 479 g/mol. The van der Waals surface area contributed by atoms with E-state index >= 15 is 0 Å². The molecule has 0 aliphatic carbocycles. The van der Waals surface area contributed by atoms with E-state index in [1.165, 1.54) is 0 Å². The Labute approximate surface area is 209 Å². The molecule has 0 radical (unpaired) electrons. The molecule has 4 aromatic rings. The van der Waals surface area contributed by atoms with E-state index in [1.807, 2.05) is 38.1 Å². The summed E-state index contributed by atoms with van der Waals surface area (Å²) in [7, 11) is 0. The maximum atomic E-state index is 12.8. The van der Waals surface area contributed by atoms with Gasteiger partial charge in [-0.15, -0.1) is 0 Å². The van der Waals surface area contributed by atoms with Crippen molar-refractivity contribution in [2.75, 3.05) is 16.0 Å². The van der Waals surface area contributed by atoms with Crippen molar-refractivity contribution in [3.8, 4) is 16.9 Å². The number of ether oxygens (including phenoxy) is 1. The molecule has 1 aliphatic rings. The summed E-state index contributed by atoms with van der Waals surface area (Å²) in [6.07, 6.45) is -0.337. The SMILES string of the molecule is Cc1cc(-c2cccc(C3CC(=O)Nc4cc(NC(=O)Oc5ccccc5)ccc4N3)c2)cc(C)n1. The third kappa shape index (κ3) is 5.36. The van der Waals surface area contributed by atoms with Crippen LogP contribution in [0.1, 0.15) is 29.4 Å². The number of rotatable bonds is 4. The largest absolute Gasteiger partial charge is 0.417 e. The minimum Gasteiger partial charge on any atom is -0.410 e. The molecule has 3 aromatic carbocycles. The van der Waals surface area contributed by atoms with E-state index in [1.54, 1.807) is 36.4 Å². The van der Waals surface area contributed by atoms with Crippen molar-refractivity contribution in [3.05, 3.63) is 102 Å². The highest BCUT2D eigenvalue weighted by atomic mass is 16.6. The quantitative estimate of drug-likeness (QED) is 0.313. The maximum absolute atomic E-state index is 12.8. The Bertz CT molecular complexity index is 1420. The van der Waals surface area contributed by atoms with E-state index in [9.17, 15) is 9.59 Å². The normalized spacial score (nSPS) is 14.6. The Kier molecular flexibility index (Phi) is 6.36. The van der Waals surface area contributed by atoms with E-state index in [2.05, 4.69) is 45.2 Å². The molecule has 0 fully saturated rings. The third-order valence-corrected chi connectivity index (χ3v) is 5.92. The van der Waals surface area contributed by atoms with Gasteiger partial charge < -0.3 is 15.4 Å². The van der Waals surface area contributed by atoms with Gasteiger partial charge in [-0.25, -0.2) is 4.79 Å². The molecule has 1 aromatic heterocycles. The second-order valence-corrected chi connectivity index (χ2v) is 8.80. The number of amides is 2. The van der Waals surface area contributed by atoms with Gasteiger partial charge in [-0.2, -0.15) is 0 Å². The van der Waals surface area contributed by atoms with Gasteiger partial charge in [0.2, 0.25) is 5.91 Å². The maximum Gasteiger partial charge on any atom is 0.417 e. The molecule has 0 spiro atoms. The van der Waals surface area contributed by atoms with Crippen LogP contribution in [0.4, 0.5) is 21.9 Å². The standard InChI is InChI=1S/C29H26N4O3/c1-18-13-22(14-19(2)30-18)20-7-6-8-21(15-20)26-17-28(34)33-27-16-23(11-12-25(27)32-26)31-29(35)36-24-9-4-3-5-10-24/h3-16,26,32H,17H2,1-2H3,(H,31,35)(H,33,34). The summed E-state index contributed by atoms with van der Waals surface area (Å²) in [6.45, 7) is 3.97. The summed E-state index contributed by atoms with van der Waals surface area (Å²) in [5, 5.41) is 9.14. The Morgan fingerprint density at radius 2 is 1.67 bits per heavy atom. The van der Waals surface area contributed by atoms with Gasteiger partial charge in [0.25, 0.3) is 0 Å². The zero-order valence-corrected chi connectivity index (χ0v) is 20.0. The average Bonchev–Trinajstić information content (AvgIpc) is 3.02. The number of aryl methyl sites for hydroxylation is 2. The zero-order chi connectivity index (χ0) is 25.1. The lowest BCUT2D eigenvalue weighted by molar-refractivity contribution is -0.116. The summed E-state index contributed by atoms with van der Waals surface area (Å²) >= 11 is 0. The molecule has 5 rings (SSSR count). The van der Waals surface area contributed by atoms with E-state index in [0.717, 1.165) is 33.8 Å². The van der Waals surface area contributed by atoms with Crippen LogP contribution in [-0.2, 0) is 4.79 Å². The number of para-hydroxylation sites is 1. The van der Waals surface area contributed by atoms with Crippen LogP contribution in [0.2, 0.25) is 0 Å². The van der Waals surface area contributed by atoms with Crippen LogP contribution in [0.15, 0.2) is 84.9 Å². The van der Waals surface area contributed by atoms with Crippen LogP contribution in [-0.4, -0.2) is 17.0 Å². The van der Waals surface area contributed by atoms with Crippen LogP contribution in [0.25, 0.3) is 11.1 Å². The first-order valence-electron chi connectivity index (χ1n) is 11.7. The molecule has 2 amide bonds. The molecular formula is C29H26N4O3. The predicted octanol–water partition coefficient (Wildman–Crippen LogP) is 6.47. The van der Waals surface area contributed by atoms with Gasteiger partial charge in [-0.1, -0.05) is 36.4 Å². The van der Waals surface area contributed by atoms with E-state index < -0.39 is 6.09 Å². The van der Waals surface area contributed by atoms with Crippen LogP contribution < -0.4 is 20.7 Å². The first-order valence-corrected chi connectivity index (χ1v) is 11.7. The first-order chi connectivity index (χ1) is 17.4. The van der Waals surface area contributed by atoms with Gasteiger partial charge in [-0.05, 0) is 79.1 Å². The Hall–Kier alpha value is -4.65. The number of hydrogen-bond acceptors (Lipinski definition) is 5. The fourth-order valence-corrected chi connectivity index (χ4v) is 4.35. The molecule has 2 heterocycles. The summed E-state index contributed by atoms with van der Waals surface area (Å²) in [4.78, 5) is 29.5. The first kappa shape index (κ1) is 23.1. The lowest BCUT2D eigenvalue weighted by atomic mass is 9.97. The van der Waals surface area contributed by atoms with E-state index in [0.29, 0.717) is 17.1 Å². The Morgan fingerprint density at radius 3 is 2.44 bits per heavy atom. The monoisotopic (exact) mass is 478 g/mol. The summed E-state index contributed by atoms with van der Waals surface area (Å²) in [5.74, 6) is 0.332. The summed E-state index contributed by atoms with van der Waals surface area (Å²) < 4.78 is 5.29. The smallest absolute Gasteiger partial charge is 0.410 e. The van der Waals surface area contributed by atoms with Crippen molar-refractivity contribution in [1.82, 2.24) is 4.98 Å². The lowest BCUT2D eigenvalue weighted by Crippen LogP contribution is -2.17. The van der Waals surface area contributed by atoms with Gasteiger partial charge in [0, 0.05) is 17.1 Å². The fourth-order valence-electron chi connectivity index (χ4n) is 4.35. The summed E-state index contributed by atoms with van der Waals surface area (Å²) in [5.41, 5.74) is 6.99. The van der Waals surface area contributed by atoms with Crippen LogP contribution in [0.3, 0.4) is 0 Å². The minimum absolute atomic E-state index is 0.115. The molecule has 1 unspecified atom stereocenters.